The van der Waals surface area contributed by atoms with Gasteiger partial charge in [-0.05, 0) is 23.6 Å². The van der Waals surface area contributed by atoms with E-state index in [0.717, 1.165) is 21.4 Å². The Morgan fingerprint density at radius 3 is 3.00 bits per heavy atom. The van der Waals surface area contributed by atoms with E-state index in [2.05, 4.69) is 20.5 Å². The fourth-order valence-corrected chi connectivity index (χ4v) is 2.71. The first-order valence-corrected chi connectivity index (χ1v) is 7.24. The molecule has 0 saturated carbocycles. The Bertz CT molecular complexity index is 927. The van der Waals surface area contributed by atoms with Crippen molar-refractivity contribution in [3.05, 3.63) is 53.0 Å². The van der Waals surface area contributed by atoms with Gasteiger partial charge in [-0.25, -0.2) is 9.97 Å². The Hall–Kier alpha value is -2.73. The van der Waals surface area contributed by atoms with Crippen molar-refractivity contribution in [1.82, 2.24) is 9.97 Å². The molecule has 4 aromatic rings. The second-order valence-corrected chi connectivity index (χ2v) is 5.36. The number of anilines is 1. The zero-order chi connectivity index (χ0) is 14.1. The van der Waals surface area contributed by atoms with Gasteiger partial charge < -0.3 is 4.42 Å². The summed E-state index contributed by atoms with van der Waals surface area (Å²) in [7, 11) is 0. The molecule has 0 aliphatic carbocycles. The summed E-state index contributed by atoms with van der Waals surface area (Å²) in [6.07, 6.45) is 3.26. The van der Waals surface area contributed by atoms with E-state index >= 15 is 0 Å². The van der Waals surface area contributed by atoms with Crippen molar-refractivity contribution in [2.75, 3.05) is 5.43 Å². The summed E-state index contributed by atoms with van der Waals surface area (Å²) in [4.78, 5) is 9.56. The van der Waals surface area contributed by atoms with Crippen LogP contribution < -0.4 is 5.43 Å². The van der Waals surface area contributed by atoms with E-state index in [0.29, 0.717) is 11.4 Å². The predicted molar refractivity (Wildman–Crippen MR) is 84.8 cm³/mol. The summed E-state index contributed by atoms with van der Waals surface area (Å²) in [5.74, 6) is 0.559. The maximum absolute atomic E-state index is 5.81. The Balaban J connectivity index is 1.75. The largest absolute Gasteiger partial charge is 0.450 e. The number of hydrazone groups is 1. The van der Waals surface area contributed by atoms with E-state index in [4.69, 9.17) is 4.42 Å². The molecule has 6 heteroatoms. The van der Waals surface area contributed by atoms with Crippen molar-refractivity contribution < 1.29 is 4.42 Å². The molecule has 4 rings (SSSR count). The molecule has 0 atom stereocenters. The molecule has 0 saturated heterocycles. The highest BCUT2D eigenvalue weighted by molar-refractivity contribution is 7.11. The molecule has 0 fully saturated rings. The summed E-state index contributed by atoms with van der Waals surface area (Å²) in [6.45, 7) is 0. The lowest BCUT2D eigenvalue weighted by molar-refractivity contribution is 0.667. The van der Waals surface area contributed by atoms with E-state index in [1.165, 1.54) is 6.33 Å². The standard InChI is InChI=1S/C15H10N4OS/c1-2-6-12-11(5-1)13-14(20-12)15(17-9-16-13)19-18-8-10-4-3-7-21-10/h1-9H,(H,16,17,19)/b18-8-. The number of hydrogen-bond acceptors (Lipinski definition) is 6. The second kappa shape index (κ2) is 4.99. The molecule has 1 N–H and O–H groups in total. The number of furan rings is 1. The zero-order valence-electron chi connectivity index (χ0n) is 10.9. The van der Waals surface area contributed by atoms with Gasteiger partial charge >= 0.3 is 0 Å². The molecule has 5 nitrogen and oxygen atoms in total. The van der Waals surface area contributed by atoms with Crippen molar-refractivity contribution in [3.8, 4) is 0 Å². The SMILES string of the molecule is C(=N/Nc1ncnc2c1oc1ccccc12)/c1cccs1. The van der Waals surface area contributed by atoms with Crippen molar-refractivity contribution in [3.63, 3.8) is 0 Å². The van der Waals surface area contributed by atoms with Crippen LogP contribution in [-0.4, -0.2) is 16.2 Å². The quantitative estimate of drug-likeness (QED) is 0.460. The highest BCUT2D eigenvalue weighted by Crippen LogP contribution is 2.30. The van der Waals surface area contributed by atoms with Crippen molar-refractivity contribution in [1.29, 1.82) is 0 Å². The topological polar surface area (TPSA) is 63.3 Å². The van der Waals surface area contributed by atoms with Gasteiger partial charge in [0.25, 0.3) is 0 Å². The van der Waals surface area contributed by atoms with Crippen LogP contribution in [0.1, 0.15) is 4.88 Å². The Kier molecular flexibility index (Phi) is 2.86. The Morgan fingerprint density at radius 2 is 2.10 bits per heavy atom. The molecule has 102 valence electrons. The van der Waals surface area contributed by atoms with Crippen LogP contribution in [0.15, 0.2) is 57.6 Å². The average Bonchev–Trinajstić information content (AvgIpc) is 3.15. The fourth-order valence-electron chi connectivity index (χ4n) is 2.12. The van der Waals surface area contributed by atoms with Crippen LogP contribution in [0.5, 0.6) is 0 Å². The van der Waals surface area contributed by atoms with E-state index in [1.807, 2.05) is 41.8 Å². The summed E-state index contributed by atoms with van der Waals surface area (Å²) in [5, 5.41) is 7.17. The Morgan fingerprint density at radius 1 is 1.14 bits per heavy atom. The number of fused-ring (bicyclic) bond motifs is 3. The number of nitrogens with zero attached hydrogens (tertiary/aromatic N) is 3. The zero-order valence-corrected chi connectivity index (χ0v) is 11.7. The van der Waals surface area contributed by atoms with Crippen LogP contribution in [-0.2, 0) is 0 Å². The summed E-state index contributed by atoms with van der Waals surface area (Å²) in [5.41, 5.74) is 5.11. The van der Waals surface area contributed by atoms with E-state index in [9.17, 15) is 0 Å². The fraction of sp³-hybridized carbons (Fsp3) is 0. The minimum atomic E-state index is 0.559. The highest BCUT2D eigenvalue weighted by Gasteiger charge is 2.11. The summed E-state index contributed by atoms with van der Waals surface area (Å²) in [6, 6.07) is 11.8. The van der Waals surface area contributed by atoms with Gasteiger partial charge in [0.1, 0.15) is 17.4 Å². The summed E-state index contributed by atoms with van der Waals surface area (Å²) >= 11 is 1.62. The predicted octanol–water partition coefficient (Wildman–Crippen LogP) is 3.88. The van der Waals surface area contributed by atoms with Gasteiger partial charge in [0.2, 0.25) is 0 Å². The van der Waals surface area contributed by atoms with Crippen molar-refractivity contribution in [2.24, 2.45) is 5.10 Å². The van der Waals surface area contributed by atoms with Crippen molar-refractivity contribution in [2.45, 2.75) is 0 Å². The molecule has 3 aromatic heterocycles. The number of rotatable bonds is 3. The van der Waals surface area contributed by atoms with Gasteiger partial charge in [0.15, 0.2) is 11.4 Å². The van der Waals surface area contributed by atoms with Crippen LogP contribution in [0.25, 0.3) is 22.1 Å². The van der Waals surface area contributed by atoms with E-state index in [1.54, 1.807) is 17.6 Å². The van der Waals surface area contributed by atoms with Gasteiger partial charge in [-0.3, -0.25) is 5.43 Å². The van der Waals surface area contributed by atoms with Gasteiger partial charge in [-0.2, -0.15) is 5.10 Å². The first-order valence-electron chi connectivity index (χ1n) is 6.36. The first kappa shape index (κ1) is 12.0. The van der Waals surface area contributed by atoms with Crippen LogP contribution in [0.3, 0.4) is 0 Å². The summed E-state index contributed by atoms with van der Waals surface area (Å²) < 4.78 is 5.81. The third-order valence-electron chi connectivity index (χ3n) is 3.06. The minimum Gasteiger partial charge on any atom is -0.450 e. The molecule has 0 aliphatic rings. The molecule has 0 spiro atoms. The molecule has 21 heavy (non-hydrogen) atoms. The molecule has 1 aromatic carbocycles. The lowest BCUT2D eigenvalue weighted by Gasteiger charge is -1.98. The molecule has 3 heterocycles. The number of benzene rings is 1. The number of aromatic nitrogens is 2. The molecule has 0 unspecified atom stereocenters. The minimum absolute atomic E-state index is 0.559. The van der Waals surface area contributed by atoms with Crippen LogP contribution >= 0.6 is 11.3 Å². The highest BCUT2D eigenvalue weighted by atomic mass is 32.1. The lowest BCUT2D eigenvalue weighted by atomic mass is 10.2. The van der Waals surface area contributed by atoms with Crippen LogP contribution in [0, 0.1) is 0 Å². The van der Waals surface area contributed by atoms with Crippen LogP contribution in [0.2, 0.25) is 0 Å². The molecule has 0 aliphatic heterocycles. The number of nitrogens with one attached hydrogen (secondary N) is 1. The second-order valence-electron chi connectivity index (χ2n) is 4.38. The smallest absolute Gasteiger partial charge is 0.197 e. The third kappa shape index (κ3) is 2.15. The molecule has 0 amide bonds. The number of thiophene rings is 1. The number of para-hydroxylation sites is 1. The van der Waals surface area contributed by atoms with Gasteiger partial charge in [0, 0.05) is 10.3 Å². The van der Waals surface area contributed by atoms with Crippen LogP contribution in [0.4, 0.5) is 5.82 Å². The van der Waals surface area contributed by atoms with Crippen molar-refractivity contribution >= 4 is 45.4 Å². The first-order chi connectivity index (χ1) is 10.4. The normalized spacial score (nSPS) is 11.6. The van der Waals surface area contributed by atoms with Gasteiger partial charge in [-0.1, -0.05) is 18.2 Å². The number of hydrogen-bond donors (Lipinski definition) is 1. The maximum Gasteiger partial charge on any atom is 0.197 e. The van der Waals surface area contributed by atoms with E-state index in [-0.39, 0.29) is 0 Å². The Labute approximate surface area is 124 Å². The lowest BCUT2D eigenvalue weighted by Crippen LogP contribution is -1.94. The molecular weight excluding hydrogens is 284 g/mol. The molecule has 0 radical (unpaired) electrons. The maximum atomic E-state index is 5.81. The average molecular weight is 294 g/mol. The van der Waals surface area contributed by atoms with E-state index < -0.39 is 0 Å². The van der Waals surface area contributed by atoms with Gasteiger partial charge in [0.05, 0.1) is 6.21 Å². The molecular formula is C15H10N4OS. The van der Waals surface area contributed by atoms with Gasteiger partial charge in [-0.15, -0.1) is 11.3 Å². The third-order valence-corrected chi connectivity index (χ3v) is 3.87. The monoisotopic (exact) mass is 294 g/mol. The molecule has 0 bridgehead atoms.